The van der Waals surface area contributed by atoms with E-state index < -0.39 is 0 Å². The molecule has 1 saturated heterocycles. The number of nitrogens with zero attached hydrogens (tertiary/aromatic N) is 6. The molecule has 0 aliphatic carbocycles. The molecule has 7 nitrogen and oxygen atoms in total. The average molecular weight is 313 g/mol. The van der Waals surface area contributed by atoms with Crippen LogP contribution in [0.25, 0.3) is 0 Å². The topological polar surface area (TPSA) is 71.8 Å². The van der Waals surface area contributed by atoms with Crippen LogP contribution in [0.1, 0.15) is 36.5 Å². The highest BCUT2D eigenvalue weighted by atomic mass is 15.3. The summed E-state index contributed by atoms with van der Waals surface area (Å²) in [5, 5.41) is 12.0. The number of aromatic nitrogens is 5. The Labute approximate surface area is 136 Å². The predicted molar refractivity (Wildman–Crippen MR) is 87.2 cm³/mol. The molecule has 7 heteroatoms. The van der Waals surface area contributed by atoms with Crippen LogP contribution in [0.15, 0.2) is 12.4 Å². The summed E-state index contributed by atoms with van der Waals surface area (Å²) < 4.78 is 2.22. The minimum Gasteiger partial charge on any atom is -0.341 e. The molecule has 1 N–H and O–H groups in total. The fraction of sp³-hybridized carbons (Fsp3) is 0.625. The zero-order chi connectivity index (χ0) is 15.6. The van der Waals surface area contributed by atoms with Crippen molar-refractivity contribution in [3.05, 3.63) is 29.6 Å². The minimum absolute atomic E-state index is 0.454. The summed E-state index contributed by atoms with van der Waals surface area (Å²) in [5.74, 6) is 2.98. The Morgan fingerprint density at radius 1 is 1.17 bits per heavy atom. The summed E-state index contributed by atoms with van der Waals surface area (Å²) in [6, 6.07) is 0.454. The fourth-order valence-corrected chi connectivity index (χ4v) is 3.41. The Kier molecular flexibility index (Phi) is 3.95. The Morgan fingerprint density at radius 3 is 2.74 bits per heavy atom. The second-order valence-electron chi connectivity index (χ2n) is 6.48. The van der Waals surface area contributed by atoms with Crippen molar-refractivity contribution in [2.24, 2.45) is 0 Å². The molecule has 2 aromatic rings. The van der Waals surface area contributed by atoms with Gasteiger partial charge in [-0.05, 0) is 26.2 Å². The van der Waals surface area contributed by atoms with Crippen molar-refractivity contribution in [2.45, 2.75) is 51.7 Å². The van der Waals surface area contributed by atoms with E-state index in [0.717, 1.165) is 62.2 Å². The van der Waals surface area contributed by atoms with Crippen LogP contribution in [0.3, 0.4) is 0 Å². The van der Waals surface area contributed by atoms with Crippen LogP contribution >= 0.6 is 0 Å². The third-order valence-electron chi connectivity index (χ3n) is 4.81. The van der Waals surface area contributed by atoms with Crippen LogP contribution in [-0.4, -0.2) is 43.9 Å². The number of fused-ring (bicyclic) bond motifs is 1. The molecule has 0 amide bonds. The van der Waals surface area contributed by atoms with E-state index in [0.29, 0.717) is 6.04 Å². The number of anilines is 1. The van der Waals surface area contributed by atoms with E-state index >= 15 is 0 Å². The third kappa shape index (κ3) is 3.06. The van der Waals surface area contributed by atoms with Gasteiger partial charge in [-0.15, -0.1) is 10.2 Å². The van der Waals surface area contributed by atoms with Crippen LogP contribution in [0.2, 0.25) is 0 Å². The minimum atomic E-state index is 0.454. The van der Waals surface area contributed by atoms with E-state index in [2.05, 4.69) is 34.9 Å². The van der Waals surface area contributed by atoms with Crippen molar-refractivity contribution in [1.29, 1.82) is 0 Å². The molecule has 2 aromatic heterocycles. The van der Waals surface area contributed by atoms with Crippen LogP contribution in [0, 0.1) is 6.92 Å². The summed E-state index contributed by atoms with van der Waals surface area (Å²) in [4.78, 5) is 11.3. The van der Waals surface area contributed by atoms with Crippen molar-refractivity contribution >= 4 is 5.95 Å². The normalized spacial score (nSPS) is 20.7. The van der Waals surface area contributed by atoms with Gasteiger partial charge in [0.25, 0.3) is 0 Å². The van der Waals surface area contributed by atoms with Gasteiger partial charge in [-0.2, -0.15) is 0 Å². The standard InChI is InChI=1S/C16H23N7/c1-12-20-21-15-5-4-14(11-23(12)15)17-8-13-9-18-16(19-10-13)22-6-2-3-7-22/h9-10,14,17H,2-8,11H2,1H3. The molecule has 0 spiro atoms. The number of rotatable bonds is 4. The Bertz CT molecular complexity index is 658. The Morgan fingerprint density at radius 2 is 1.96 bits per heavy atom. The highest BCUT2D eigenvalue weighted by Crippen LogP contribution is 2.16. The first-order valence-electron chi connectivity index (χ1n) is 8.47. The molecule has 0 saturated carbocycles. The van der Waals surface area contributed by atoms with E-state index in [1.807, 2.05) is 19.3 Å². The molecular weight excluding hydrogens is 290 g/mol. The summed E-state index contributed by atoms with van der Waals surface area (Å²) in [5.41, 5.74) is 1.14. The van der Waals surface area contributed by atoms with E-state index in [9.17, 15) is 0 Å². The lowest BCUT2D eigenvalue weighted by atomic mass is 10.1. The molecule has 23 heavy (non-hydrogen) atoms. The first-order valence-corrected chi connectivity index (χ1v) is 8.47. The van der Waals surface area contributed by atoms with E-state index in [1.165, 1.54) is 12.8 Å². The summed E-state index contributed by atoms with van der Waals surface area (Å²) in [7, 11) is 0. The third-order valence-corrected chi connectivity index (χ3v) is 4.81. The van der Waals surface area contributed by atoms with Crippen molar-refractivity contribution in [1.82, 2.24) is 30.0 Å². The monoisotopic (exact) mass is 313 g/mol. The summed E-state index contributed by atoms with van der Waals surface area (Å²) in [6.07, 6.45) is 8.49. The highest BCUT2D eigenvalue weighted by molar-refractivity contribution is 5.30. The lowest BCUT2D eigenvalue weighted by molar-refractivity contribution is 0.375. The maximum atomic E-state index is 4.52. The highest BCUT2D eigenvalue weighted by Gasteiger charge is 2.21. The first-order chi connectivity index (χ1) is 11.3. The molecule has 0 bridgehead atoms. The quantitative estimate of drug-likeness (QED) is 0.911. The zero-order valence-corrected chi connectivity index (χ0v) is 13.6. The Hall–Kier alpha value is -2.02. The molecular formula is C16H23N7. The lowest BCUT2D eigenvalue weighted by Gasteiger charge is -2.25. The van der Waals surface area contributed by atoms with Crippen LogP contribution in [0.4, 0.5) is 5.95 Å². The molecule has 2 aliphatic heterocycles. The van der Waals surface area contributed by atoms with Crippen LogP contribution < -0.4 is 10.2 Å². The largest absolute Gasteiger partial charge is 0.341 e. The molecule has 1 unspecified atom stereocenters. The maximum absolute atomic E-state index is 4.52. The van der Waals surface area contributed by atoms with Gasteiger partial charge in [-0.25, -0.2) is 9.97 Å². The fourth-order valence-electron chi connectivity index (χ4n) is 3.41. The Balaban J connectivity index is 1.33. The van der Waals surface area contributed by atoms with Gasteiger partial charge in [-0.1, -0.05) is 0 Å². The van der Waals surface area contributed by atoms with Crippen molar-refractivity contribution in [3.8, 4) is 0 Å². The van der Waals surface area contributed by atoms with Gasteiger partial charge in [0.1, 0.15) is 11.6 Å². The van der Waals surface area contributed by atoms with Gasteiger partial charge in [0.05, 0.1) is 0 Å². The van der Waals surface area contributed by atoms with Crippen LogP contribution in [-0.2, 0) is 19.5 Å². The molecule has 0 aromatic carbocycles. The smallest absolute Gasteiger partial charge is 0.225 e. The molecule has 2 aliphatic rings. The number of hydrogen-bond donors (Lipinski definition) is 1. The number of aryl methyl sites for hydroxylation is 2. The van der Waals surface area contributed by atoms with Crippen molar-refractivity contribution in [3.63, 3.8) is 0 Å². The maximum Gasteiger partial charge on any atom is 0.225 e. The van der Waals surface area contributed by atoms with Gasteiger partial charge >= 0.3 is 0 Å². The van der Waals surface area contributed by atoms with Gasteiger partial charge in [-0.3, -0.25) is 0 Å². The number of hydrogen-bond acceptors (Lipinski definition) is 6. The molecule has 4 heterocycles. The van der Waals surface area contributed by atoms with Crippen molar-refractivity contribution < 1.29 is 0 Å². The second-order valence-corrected chi connectivity index (χ2v) is 6.48. The first kappa shape index (κ1) is 14.6. The van der Waals surface area contributed by atoms with Gasteiger partial charge < -0.3 is 14.8 Å². The van der Waals surface area contributed by atoms with E-state index in [4.69, 9.17) is 0 Å². The predicted octanol–water partition coefficient (Wildman–Crippen LogP) is 1.08. The van der Waals surface area contributed by atoms with Gasteiger partial charge in [0, 0.05) is 56.6 Å². The SMILES string of the molecule is Cc1nnc2n1CC(NCc1cnc(N3CCCC3)nc1)CC2. The van der Waals surface area contributed by atoms with Crippen LogP contribution in [0.5, 0.6) is 0 Å². The van der Waals surface area contributed by atoms with E-state index in [-0.39, 0.29) is 0 Å². The lowest BCUT2D eigenvalue weighted by Crippen LogP contribution is -2.37. The summed E-state index contributed by atoms with van der Waals surface area (Å²) in [6.45, 7) is 5.94. The van der Waals surface area contributed by atoms with Gasteiger partial charge in [0.2, 0.25) is 5.95 Å². The molecule has 1 fully saturated rings. The number of nitrogens with one attached hydrogen (secondary N) is 1. The molecule has 4 rings (SSSR count). The van der Waals surface area contributed by atoms with Crippen molar-refractivity contribution in [2.75, 3.05) is 18.0 Å². The molecule has 1 atom stereocenters. The van der Waals surface area contributed by atoms with E-state index in [1.54, 1.807) is 0 Å². The average Bonchev–Trinajstić information content (AvgIpc) is 3.24. The molecule has 0 radical (unpaired) electrons. The van der Waals surface area contributed by atoms with Gasteiger partial charge in [0.15, 0.2) is 0 Å². The zero-order valence-electron chi connectivity index (χ0n) is 13.6. The second kappa shape index (κ2) is 6.23. The molecule has 122 valence electrons. The summed E-state index contributed by atoms with van der Waals surface area (Å²) >= 11 is 0.